The third-order valence-corrected chi connectivity index (χ3v) is 4.76. The Kier molecular flexibility index (Phi) is 3.65. The number of aryl methyl sites for hydroxylation is 2. The van der Waals surface area contributed by atoms with Gasteiger partial charge in [0.2, 0.25) is 0 Å². The number of ether oxygens (including phenoxy) is 1. The molecule has 0 bridgehead atoms. The average Bonchev–Trinajstić information content (AvgIpc) is 3.20. The summed E-state index contributed by atoms with van der Waals surface area (Å²) in [5.41, 5.74) is 2.33. The van der Waals surface area contributed by atoms with Crippen LogP contribution in [0.25, 0.3) is 22.3 Å². The van der Waals surface area contributed by atoms with Crippen molar-refractivity contribution in [1.82, 2.24) is 19.3 Å². The molecule has 1 aliphatic rings. The van der Waals surface area contributed by atoms with Gasteiger partial charge in [-0.3, -0.25) is 0 Å². The Morgan fingerprint density at radius 1 is 1.22 bits per heavy atom. The van der Waals surface area contributed by atoms with Gasteiger partial charge in [-0.15, -0.1) is 0 Å². The third-order valence-electron chi connectivity index (χ3n) is 4.76. The minimum atomic E-state index is 0.458. The zero-order valence-electron chi connectivity index (χ0n) is 13.7. The Morgan fingerprint density at radius 3 is 2.83 bits per heavy atom. The van der Waals surface area contributed by atoms with Crippen LogP contribution in [0, 0.1) is 0 Å². The first kappa shape index (κ1) is 14.5. The van der Waals surface area contributed by atoms with E-state index in [1.807, 2.05) is 0 Å². The van der Waals surface area contributed by atoms with Crippen LogP contribution in [0.5, 0.6) is 0 Å². The lowest BCUT2D eigenvalue weighted by Gasteiger charge is -2.21. The van der Waals surface area contributed by atoms with E-state index in [4.69, 9.17) is 14.8 Å². The molecule has 3 heterocycles. The first-order valence-electron chi connectivity index (χ1n) is 8.35. The van der Waals surface area contributed by atoms with Crippen molar-refractivity contribution in [2.45, 2.75) is 32.2 Å². The molecule has 23 heavy (non-hydrogen) atoms. The summed E-state index contributed by atoms with van der Waals surface area (Å²) >= 11 is 0. The standard InChI is InChI=1S/C18H22N4O/c1-3-22-18(13-8-11-23-12-9-13)19-17(20-22)15-5-4-6-16-14(15)7-10-21(16)2/h4-7,10,13H,3,8-9,11-12H2,1-2H3. The summed E-state index contributed by atoms with van der Waals surface area (Å²) in [4.78, 5) is 4.92. The van der Waals surface area contributed by atoms with Crippen LogP contribution in [-0.2, 0) is 18.3 Å². The van der Waals surface area contributed by atoms with Crippen LogP contribution in [0.4, 0.5) is 0 Å². The Hall–Kier alpha value is -2.14. The van der Waals surface area contributed by atoms with Crippen molar-refractivity contribution in [2.75, 3.05) is 13.2 Å². The van der Waals surface area contributed by atoms with Gasteiger partial charge in [-0.1, -0.05) is 12.1 Å². The number of hydrogen-bond donors (Lipinski definition) is 0. The van der Waals surface area contributed by atoms with E-state index in [0.29, 0.717) is 5.92 Å². The fourth-order valence-electron chi connectivity index (χ4n) is 3.46. The molecular weight excluding hydrogens is 288 g/mol. The van der Waals surface area contributed by atoms with Gasteiger partial charge in [0.15, 0.2) is 5.82 Å². The third kappa shape index (κ3) is 2.45. The van der Waals surface area contributed by atoms with Gasteiger partial charge < -0.3 is 9.30 Å². The molecule has 0 unspecified atom stereocenters. The summed E-state index contributed by atoms with van der Waals surface area (Å²) in [5.74, 6) is 2.41. The van der Waals surface area contributed by atoms with E-state index in [-0.39, 0.29) is 0 Å². The van der Waals surface area contributed by atoms with E-state index in [9.17, 15) is 0 Å². The molecule has 5 heteroatoms. The molecule has 3 aromatic rings. The summed E-state index contributed by atoms with van der Waals surface area (Å²) in [6.07, 6.45) is 4.16. The molecule has 1 fully saturated rings. The molecule has 1 aliphatic heterocycles. The second kappa shape index (κ2) is 5.81. The van der Waals surface area contributed by atoms with Gasteiger partial charge in [-0.25, -0.2) is 9.67 Å². The highest BCUT2D eigenvalue weighted by Gasteiger charge is 2.23. The second-order valence-electron chi connectivity index (χ2n) is 6.16. The predicted molar refractivity (Wildman–Crippen MR) is 90.4 cm³/mol. The maximum absolute atomic E-state index is 5.49. The molecule has 0 radical (unpaired) electrons. The molecule has 0 spiro atoms. The van der Waals surface area contributed by atoms with Crippen molar-refractivity contribution in [3.63, 3.8) is 0 Å². The Labute approximate surface area is 135 Å². The average molecular weight is 310 g/mol. The smallest absolute Gasteiger partial charge is 0.182 e. The lowest BCUT2D eigenvalue weighted by molar-refractivity contribution is 0.0826. The lowest BCUT2D eigenvalue weighted by atomic mass is 9.99. The quantitative estimate of drug-likeness (QED) is 0.745. The minimum Gasteiger partial charge on any atom is -0.381 e. The zero-order valence-corrected chi connectivity index (χ0v) is 13.7. The van der Waals surface area contributed by atoms with E-state index in [1.54, 1.807) is 0 Å². The molecule has 1 aromatic carbocycles. The number of aromatic nitrogens is 4. The molecule has 5 nitrogen and oxygen atoms in total. The summed E-state index contributed by atoms with van der Waals surface area (Å²) in [5, 5.41) is 6.00. The van der Waals surface area contributed by atoms with Gasteiger partial charge in [-0.05, 0) is 31.9 Å². The van der Waals surface area contributed by atoms with E-state index in [2.05, 4.69) is 53.7 Å². The molecular formula is C18H22N4O. The number of benzene rings is 1. The van der Waals surface area contributed by atoms with Crippen LogP contribution in [-0.4, -0.2) is 32.5 Å². The van der Waals surface area contributed by atoms with Gasteiger partial charge in [0.05, 0.1) is 0 Å². The molecule has 4 rings (SSSR count). The monoisotopic (exact) mass is 310 g/mol. The number of rotatable bonds is 3. The van der Waals surface area contributed by atoms with Gasteiger partial charge in [0.25, 0.3) is 0 Å². The van der Waals surface area contributed by atoms with Crippen molar-refractivity contribution < 1.29 is 4.74 Å². The highest BCUT2D eigenvalue weighted by Crippen LogP contribution is 2.31. The van der Waals surface area contributed by atoms with Crippen LogP contribution in [0.2, 0.25) is 0 Å². The summed E-state index contributed by atoms with van der Waals surface area (Å²) in [7, 11) is 2.07. The molecule has 1 saturated heterocycles. The van der Waals surface area contributed by atoms with E-state index in [1.165, 1.54) is 10.9 Å². The SMILES string of the molecule is CCn1nc(-c2cccc3c2ccn3C)nc1C1CCOCC1. The second-order valence-corrected chi connectivity index (χ2v) is 6.16. The molecule has 0 amide bonds. The van der Waals surface area contributed by atoms with E-state index < -0.39 is 0 Å². The fraction of sp³-hybridized carbons (Fsp3) is 0.444. The van der Waals surface area contributed by atoms with Crippen molar-refractivity contribution in [3.05, 3.63) is 36.3 Å². The summed E-state index contributed by atoms with van der Waals surface area (Å²) in [6, 6.07) is 8.48. The molecule has 0 atom stereocenters. The van der Waals surface area contributed by atoms with E-state index >= 15 is 0 Å². The van der Waals surface area contributed by atoms with Crippen LogP contribution < -0.4 is 0 Å². The molecule has 0 aliphatic carbocycles. The van der Waals surface area contributed by atoms with Crippen molar-refractivity contribution in [3.8, 4) is 11.4 Å². The van der Waals surface area contributed by atoms with Crippen molar-refractivity contribution in [2.24, 2.45) is 7.05 Å². The Morgan fingerprint density at radius 2 is 2.04 bits per heavy atom. The van der Waals surface area contributed by atoms with Crippen molar-refractivity contribution >= 4 is 10.9 Å². The van der Waals surface area contributed by atoms with Gasteiger partial charge in [-0.2, -0.15) is 5.10 Å². The maximum atomic E-state index is 5.49. The predicted octanol–water partition coefficient (Wildman–Crippen LogP) is 3.35. The summed E-state index contributed by atoms with van der Waals surface area (Å²) < 4.78 is 9.68. The topological polar surface area (TPSA) is 44.9 Å². The van der Waals surface area contributed by atoms with Crippen LogP contribution in [0.15, 0.2) is 30.5 Å². The largest absolute Gasteiger partial charge is 0.381 e. The van der Waals surface area contributed by atoms with Gasteiger partial charge >= 0.3 is 0 Å². The number of hydrogen-bond acceptors (Lipinski definition) is 3. The zero-order chi connectivity index (χ0) is 15.8. The normalized spacial score (nSPS) is 16.3. The number of fused-ring (bicyclic) bond motifs is 1. The fourth-order valence-corrected chi connectivity index (χ4v) is 3.46. The molecule has 120 valence electrons. The highest BCUT2D eigenvalue weighted by molar-refractivity contribution is 5.93. The number of nitrogens with zero attached hydrogens (tertiary/aromatic N) is 4. The first-order valence-corrected chi connectivity index (χ1v) is 8.35. The first-order chi connectivity index (χ1) is 11.3. The molecule has 2 aromatic heterocycles. The summed E-state index contributed by atoms with van der Waals surface area (Å²) in [6.45, 7) is 4.63. The Bertz CT molecular complexity index is 827. The molecule has 0 N–H and O–H groups in total. The van der Waals surface area contributed by atoms with Gasteiger partial charge in [0, 0.05) is 55.4 Å². The van der Waals surface area contributed by atoms with Crippen LogP contribution in [0.1, 0.15) is 31.5 Å². The van der Waals surface area contributed by atoms with Crippen molar-refractivity contribution in [1.29, 1.82) is 0 Å². The lowest BCUT2D eigenvalue weighted by Crippen LogP contribution is -2.18. The molecule has 0 saturated carbocycles. The van der Waals surface area contributed by atoms with Crippen LogP contribution in [0.3, 0.4) is 0 Å². The van der Waals surface area contributed by atoms with Crippen LogP contribution >= 0.6 is 0 Å². The van der Waals surface area contributed by atoms with Gasteiger partial charge in [0.1, 0.15) is 5.82 Å². The highest BCUT2D eigenvalue weighted by atomic mass is 16.5. The Balaban J connectivity index is 1.80. The van der Waals surface area contributed by atoms with E-state index in [0.717, 1.165) is 49.8 Å². The minimum absolute atomic E-state index is 0.458. The maximum Gasteiger partial charge on any atom is 0.182 e.